The third kappa shape index (κ3) is 5.77. The Bertz CT molecular complexity index is 671. The van der Waals surface area contributed by atoms with Gasteiger partial charge < -0.3 is 21.0 Å². The van der Waals surface area contributed by atoms with E-state index in [0.717, 1.165) is 25.7 Å². The second-order valence-electron chi connectivity index (χ2n) is 13.6. The number of hydroxylamine groups is 4. The van der Waals surface area contributed by atoms with Crippen molar-refractivity contribution in [2.75, 3.05) is 0 Å². The molecule has 0 aromatic carbocycles. The predicted octanol–water partition coefficient (Wildman–Crippen LogP) is 3.85. The van der Waals surface area contributed by atoms with E-state index in [-0.39, 0.29) is 35.7 Å². The van der Waals surface area contributed by atoms with Gasteiger partial charge in [0.15, 0.2) is 0 Å². The summed E-state index contributed by atoms with van der Waals surface area (Å²) in [7, 11) is 0. The number of nitrogens with zero attached hydrogens (tertiary/aromatic N) is 2. The number of carbonyl (C=O) groups excluding carboxylic acids is 2. The first kappa shape index (κ1) is 27.4. The average molecular weight is 481 g/mol. The molecule has 0 aromatic heterocycles. The van der Waals surface area contributed by atoms with Gasteiger partial charge in [0.25, 0.3) is 0 Å². The molecule has 0 atom stereocenters. The molecule has 2 saturated heterocycles. The van der Waals surface area contributed by atoms with Gasteiger partial charge in [-0.05, 0) is 107 Å². The molecule has 0 unspecified atom stereocenters. The van der Waals surface area contributed by atoms with Crippen LogP contribution in [-0.4, -0.2) is 66.6 Å². The largest absolute Gasteiger partial charge is 0.353 e. The number of piperidine rings is 2. The highest BCUT2D eigenvalue weighted by Gasteiger charge is 2.47. The molecule has 0 bridgehead atoms. The van der Waals surface area contributed by atoms with Crippen molar-refractivity contribution in [1.82, 2.24) is 20.8 Å². The van der Waals surface area contributed by atoms with Gasteiger partial charge in [0, 0.05) is 46.1 Å². The minimum Gasteiger partial charge on any atom is -0.353 e. The Hall–Kier alpha value is -1.22. The lowest BCUT2D eigenvalue weighted by molar-refractivity contribution is -0.246. The summed E-state index contributed by atoms with van der Waals surface area (Å²) >= 11 is 0. The van der Waals surface area contributed by atoms with Crippen LogP contribution >= 0.6 is 0 Å². The molecule has 2 aliphatic heterocycles. The molecule has 196 valence electrons. The number of carbonyl (C=O) groups is 2. The van der Waals surface area contributed by atoms with Crippen molar-refractivity contribution in [3.05, 3.63) is 0 Å². The molecule has 0 radical (unpaired) electrons. The summed E-state index contributed by atoms with van der Waals surface area (Å²) < 4.78 is 0. The van der Waals surface area contributed by atoms with Crippen molar-refractivity contribution in [3.8, 4) is 0 Å². The number of hydrogen-bond acceptors (Lipinski definition) is 6. The molecule has 3 aliphatic rings. The fourth-order valence-corrected chi connectivity index (χ4v) is 7.00. The maximum absolute atomic E-state index is 13.0. The number of rotatable bonds is 4. The summed E-state index contributed by atoms with van der Waals surface area (Å²) in [5, 5.41) is 30.4. The summed E-state index contributed by atoms with van der Waals surface area (Å²) in [6.45, 7) is 16.0. The van der Waals surface area contributed by atoms with Crippen LogP contribution in [0.4, 0.5) is 0 Å². The van der Waals surface area contributed by atoms with Gasteiger partial charge in [-0.2, -0.15) is 10.1 Å². The summed E-state index contributed by atoms with van der Waals surface area (Å²) in [6, 6.07) is 0.0667. The van der Waals surface area contributed by atoms with Crippen molar-refractivity contribution >= 4 is 11.8 Å². The van der Waals surface area contributed by atoms with Crippen LogP contribution in [0.1, 0.15) is 107 Å². The van der Waals surface area contributed by atoms with E-state index in [1.807, 2.05) is 55.4 Å². The predicted molar refractivity (Wildman–Crippen MR) is 131 cm³/mol. The lowest BCUT2D eigenvalue weighted by atomic mass is 9.77. The second-order valence-corrected chi connectivity index (χ2v) is 13.6. The van der Waals surface area contributed by atoms with Crippen molar-refractivity contribution in [2.45, 2.75) is 141 Å². The van der Waals surface area contributed by atoms with E-state index >= 15 is 0 Å². The first-order valence-corrected chi connectivity index (χ1v) is 13.0. The van der Waals surface area contributed by atoms with E-state index in [0.29, 0.717) is 25.7 Å². The Morgan fingerprint density at radius 1 is 0.588 bits per heavy atom. The topological polar surface area (TPSA) is 105 Å². The summed E-state index contributed by atoms with van der Waals surface area (Å²) in [5.41, 5.74) is -1.59. The fraction of sp³-hybridized carbons (Fsp3) is 0.923. The van der Waals surface area contributed by atoms with Gasteiger partial charge in [0.1, 0.15) is 0 Å². The van der Waals surface area contributed by atoms with Crippen LogP contribution in [0.2, 0.25) is 0 Å². The zero-order valence-electron chi connectivity index (χ0n) is 22.6. The van der Waals surface area contributed by atoms with E-state index in [4.69, 9.17) is 0 Å². The van der Waals surface area contributed by atoms with Crippen molar-refractivity contribution in [3.63, 3.8) is 0 Å². The van der Waals surface area contributed by atoms with Crippen LogP contribution in [0.3, 0.4) is 0 Å². The standard InChI is InChI=1S/C26H48N4O4/c1-23(2)13-19(14-24(3,4)29(23)33)27-21(31)17-9-11-18(12-10-17)22(32)28-20-15-25(5,6)30(34)26(7,8)16-20/h17-20,33-34H,9-16H2,1-8H3,(H,27,31)(H,28,32). The molecule has 8 nitrogen and oxygen atoms in total. The van der Waals surface area contributed by atoms with Crippen molar-refractivity contribution in [1.29, 1.82) is 0 Å². The molecule has 4 N–H and O–H groups in total. The molecular weight excluding hydrogens is 432 g/mol. The highest BCUT2D eigenvalue weighted by molar-refractivity contribution is 5.81. The Labute approximate surface area is 205 Å². The van der Waals surface area contributed by atoms with Crippen LogP contribution in [-0.2, 0) is 9.59 Å². The van der Waals surface area contributed by atoms with Crippen LogP contribution in [0.5, 0.6) is 0 Å². The summed E-state index contributed by atoms with van der Waals surface area (Å²) in [6.07, 6.45) is 5.71. The molecule has 1 saturated carbocycles. The monoisotopic (exact) mass is 480 g/mol. The minimum atomic E-state index is -0.398. The summed E-state index contributed by atoms with van der Waals surface area (Å²) in [4.78, 5) is 26.0. The van der Waals surface area contributed by atoms with Crippen LogP contribution in [0.15, 0.2) is 0 Å². The first-order valence-electron chi connectivity index (χ1n) is 13.0. The summed E-state index contributed by atoms with van der Waals surface area (Å²) in [5.74, 6) is 0.0529. The Morgan fingerprint density at radius 3 is 1.06 bits per heavy atom. The van der Waals surface area contributed by atoms with Crippen molar-refractivity contribution in [2.24, 2.45) is 11.8 Å². The van der Waals surface area contributed by atoms with Gasteiger partial charge >= 0.3 is 0 Å². The third-order valence-electron chi connectivity index (χ3n) is 8.44. The smallest absolute Gasteiger partial charge is 0.223 e. The highest BCUT2D eigenvalue weighted by Crippen LogP contribution is 2.39. The molecule has 3 fully saturated rings. The van der Waals surface area contributed by atoms with Crippen LogP contribution < -0.4 is 10.6 Å². The molecule has 34 heavy (non-hydrogen) atoms. The van der Waals surface area contributed by atoms with Crippen LogP contribution in [0, 0.1) is 11.8 Å². The van der Waals surface area contributed by atoms with Gasteiger partial charge in [-0.3, -0.25) is 9.59 Å². The molecule has 0 spiro atoms. The van der Waals surface area contributed by atoms with Gasteiger partial charge in [-0.1, -0.05) is 0 Å². The van der Waals surface area contributed by atoms with Crippen LogP contribution in [0.25, 0.3) is 0 Å². The van der Waals surface area contributed by atoms with E-state index in [1.54, 1.807) is 0 Å². The Kier molecular flexibility index (Phi) is 7.52. The Balaban J connectivity index is 1.49. The number of hydrogen-bond donors (Lipinski definition) is 4. The van der Waals surface area contributed by atoms with Gasteiger partial charge in [0.05, 0.1) is 0 Å². The first-order chi connectivity index (χ1) is 15.4. The zero-order valence-corrected chi connectivity index (χ0v) is 22.6. The fourth-order valence-electron chi connectivity index (χ4n) is 7.00. The van der Waals surface area contributed by atoms with Gasteiger partial charge in [-0.25, -0.2) is 0 Å². The average Bonchev–Trinajstić information content (AvgIpc) is 2.69. The van der Waals surface area contributed by atoms with E-state index < -0.39 is 22.2 Å². The highest BCUT2D eigenvalue weighted by atomic mass is 16.5. The molecule has 3 rings (SSSR count). The molecule has 1 aliphatic carbocycles. The number of nitrogens with one attached hydrogen (secondary N) is 2. The minimum absolute atomic E-state index is 0.0334. The lowest BCUT2D eigenvalue weighted by Crippen LogP contribution is -2.63. The van der Waals surface area contributed by atoms with E-state index in [2.05, 4.69) is 10.6 Å². The van der Waals surface area contributed by atoms with E-state index in [1.165, 1.54) is 10.1 Å². The Morgan fingerprint density at radius 2 is 0.824 bits per heavy atom. The molecule has 2 amide bonds. The van der Waals surface area contributed by atoms with E-state index in [9.17, 15) is 20.0 Å². The second kappa shape index (κ2) is 9.34. The van der Waals surface area contributed by atoms with Gasteiger partial charge in [0.2, 0.25) is 11.8 Å². The molecule has 8 heteroatoms. The zero-order chi connectivity index (χ0) is 25.7. The SMILES string of the molecule is CC1(C)CC(NC(=O)C2CCC(C(=O)NC3CC(C)(C)N(O)C(C)(C)C3)CC2)CC(C)(C)N1O. The normalized spacial score (nSPS) is 32.2. The number of amides is 2. The molecule has 2 heterocycles. The maximum atomic E-state index is 13.0. The molecule has 0 aromatic rings. The van der Waals surface area contributed by atoms with Gasteiger partial charge in [-0.15, -0.1) is 0 Å². The lowest BCUT2D eigenvalue weighted by Gasteiger charge is -2.51. The third-order valence-corrected chi connectivity index (χ3v) is 8.44. The maximum Gasteiger partial charge on any atom is 0.223 e. The van der Waals surface area contributed by atoms with Crippen molar-refractivity contribution < 1.29 is 20.0 Å². The molecular formula is C26H48N4O4. The quantitative estimate of drug-likeness (QED) is 0.487.